The van der Waals surface area contributed by atoms with E-state index in [-0.39, 0.29) is 6.04 Å². The minimum absolute atomic E-state index is 0.0162. The first kappa shape index (κ1) is 13.0. The van der Waals surface area contributed by atoms with E-state index in [0.29, 0.717) is 13.2 Å². The first-order valence-corrected chi connectivity index (χ1v) is 6.17. The molecule has 0 N–H and O–H groups in total. The Kier molecular flexibility index (Phi) is 5.31. The maximum atomic E-state index is 11.3. The van der Waals surface area contributed by atoms with Gasteiger partial charge in [-0.05, 0) is 13.3 Å². The lowest BCUT2D eigenvalue weighted by Gasteiger charge is -2.15. The van der Waals surface area contributed by atoms with Crippen molar-refractivity contribution < 1.29 is 19.1 Å². The minimum atomic E-state index is -0.459. The van der Waals surface area contributed by atoms with Gasteiger partial charge < -0.3 is 9.47 Å². The van der Waals surface area contributed by atoms with E-state index < -0.39 is 12.1 Å². The molecule has 1 aliphatic heterocycles. The standard InChI is InChI=1S/C10H14BrNO4/c1-2-15-9(13)4-6-12-8(3-5-11)7-16-10(12)14/h4,6,8H,2-3,5,7H2,1H3/b6-4+/t8-/m0/s1. The largest absolute Gasteiger partial charge is 0.463 e. The van der Waals surface area contributed by atoms with Crippen molar-refractivity contribution in [3.05, 3.63) is 12.3 Å². The fourth-order valence-electron chi connectivity index (χ4n) is 1.33. The van der Waals surface area contributed by atoms with Crippen molar-refractivity contribution in [2.24, 2.45) is 0 Å². The highest BCUT2D eigenvalue weighted by atomic mass is 79.9. The summed E-state index contributed by atoms with van der Waals surface area (Å²) in [6, 6.07) is -0.0162. The summed E-state index contributed by atoms with van der Waals surface area (Å²) in [4.78, 5) is 23.8. The monoisotopic (exact) mass is 291 g/mol. The van der Waals surface area contributed by atoms with Gasteiger partial charge in [0.2, 0.25) is 0 Å². The van der Waals surface area contributed by atoms with Crippen LogP contribution in [-0.4, -0.2) is 41.5 Å². The van der Waals surface area contributed by atoms with Gasteiger partial charge in [0.05, 0.1) is 12.6 Å². The minimum Gasteiger partial charge on any atom is -0.463 e. The van der Waals surface area contributed by atoms with Crippen LogP contribution in [0.2, 0.25) is 0 Å². The fourth-order valence-corrected chi connectivity index (χ4v) is 1.86. The van der Waals surface area contributed by atoms with Crippen LogP contribution in [0.15, 0.2) is 12.3 Å². The van der Waals surface area contributed by atoms with Crippen LogP contribution < -0.4 is 0 Å². The molecule has 1 amide bonds. The number of hydrogen-bond acceptors (Lipinski definition) is 4. The number of amides is 1. The van der Waals surface area contributed by atoms with Gasteiger partial charge in [0, 0.05) is 17.6 Å². The van der Waals surface area contributed by atoms with E-state index in [1.54, 1.807) is 6.92 Å². The molecule has 6 heteroatoms. The third kappa shape index (κ3) is 3.52. The molecule has 16 heavy (non-hydrogen) atoms. The van der Waals surface area contributed by atoms with Crippen LogP contribution in [-0.2, 0) is 14.3 Å². The molecule has 1 aliphatic rings. The highest BCUT2D eigenvalue weighted by molar-refractivity contribution is 9.09. The smallest absolute Gasteiger partial charge is 0.414 e. The summed E-state index contributed by atoms with van der Waals surface area (Å²) in [5, 5.41) is 0.776. The number of esters is 1. The van der Waals surface area contributed by atoms with Gasteiger partial charge in [-0.1, -0.05) is 15.9 Å². The van der Waals surface area contributed by atoms with Crippen LogP contribution in [0.1, 0.15) is 13.3 Å². The van der Waals surface area contributed by atoms with E-state index in [9.17, 15) is 9.59 Å². The van der Waals surface area contributed by atoms with E-state index in [1.807, 2.05) is 0 Å². The second-order valence-electron chi connectivity index (χ2n) is 3.18. The molecule has 90 valence electrons. The number of cyclic esters (lactones) is 1. The summed E-state index contributed by atoms with van der Waals surface area (Å²) in [6.45, 7) is 2.40. The molecule has 1 fully saturated rings. The molecule has 0 spiro atoms. The van der Waals surface area contributed by atoms with E-state index >= 15 is 0 Å². The average Bonchev–Trinajstić information content (AvgIpc) is 2.58. The van der Waals surface area contributed by atoms with Crippen LogP contribution in [0.25, 0.3) is 0 Å². The zero-order valence-corrected chi connectivity index (χ0v) is 10.6. The van der Waals surface area contributed by atoms with Crippen LogP contribution in [0.5, 0.6) is 0 Å². The summed E-state index contributed by atoms with van der Waals surface area (Å²) in [7, 11) is 0. The first-order valence-electron chi connectivity index (χ1n) is 5.05. The molecule has 1 heterocycles. The number of alkyl halides is 1. The van der Waals surface area contributed by atoms with Crippen molar-refractivity contribution in [2.45, 2.75) is 19.4 Å². The highest BCUT2D eigenvalue weighted by Gasteiger charge is 2.30. The molecule has 0 aromatic rings. The van der Waals surface area contributed by atoms with Crippen LogP contribution in [0.3, 0.4) is 0 Å². The van der Waals surface area contributed by atoms with Crippen molar-refractivity contribution in [1.29, 1.82) is 0 Å². The molecule has 0 aromatic carbocycles. The first-order chi connectivity index (χ1) is 7.69. The molecule has 0 radical (unpaired) electrons. The van der Waals surface area contributed by atoms with Gasteiger partial charge in [-0.3, -0.25) is 4.90 Å². The van der Waals surface area contributed by atoms with E-state index in [4.69, 9.17) is 9.47 Å². The Labute approximate surface area is 103 Å². The number of rotatable bonds is 5. The Bertz CT molecular complexity index is 293. The van der Waals surface area contributed by atoms with E-state index in [0.717, 1.165) is 11.8 Å². The lowest BCUT2D eigenvalue weighted by atomic mass is 10.2. The third-order valence-corrected chi connectivity index (χ3v) is 2.56. The summed E-state index contributed by atoms with van der Waals surface area (Å²) >= 11 is 3.30. The maximum absolute atomic E-state index is 11.3. The molecule has 1 rings (SSSR count). The number of carbonyl (C=O) groups excluding carboxylic acids is 2. The fraction of sp³-hybridized carbons (Fsp3) is 0.600. The zero-order valence-electron chi connectivity index (χ0n) is 9.02. The normalized spacial score (nSPS) is 20.2. The molecule has 0 aromatic heterocycles. The number of halogens is 1. The van der Waals surface area contributed by atoms with Gasteiger partial charge >= 0.3 is 12.1 Å². The molecular formula is C10H14BrNO4. The van der Waals surface area contributed by atoms with Crippen LogP contribution >= 0.6 is 15.9 Å². The van der Waals surface area contributed by atoms with Crippen LogP contribution in [0, 0.1) is 0 Å². The number of carbonyl (C=O) groups is 2. The highest BCUT2D eigenvalue weighted by Crippen LogP contribution is 2.16. The van der Waals surface area contributed by atoms with Gasteiger partial charge in [-0.25, -0.2) is 9.59 Å². The maximum Gasteiger partial charge on any atom is 0.414 e. The quantitative estimate of drug-likeness (QED) is 0.439. The summed E-state index contributed by atoms with van der Waals surface area (Å²) in [6.07, 6.45) is 3.00. The molecule has 1 atom stereocenters. The molecule has 5 nitrogen and oxygen atoms in total. The van der Waals surface area contributed by atoms with Gasteiger partial charge in [0.25, 0.3) is 0 Å². The predicted octanol–water partition coefficient (Wildman–Crippen LogP) is 1.67. The van der Waals surface area contributed by atoms with Crippen LogP contribution in [0.4, 0.5) is 4.79 Å². The molecule has 1 saturated heterocycles. The lowest BCUT2D eigenvalue weighted by Crippen LogP contribution is -2.28. The Morgan fingerprint density at radius 3 is 3.12 bits per heavy atom. The Hall–Kier alpha value is -1.04. The Balaban J connectivity index is 2.55. The van der Waals surface area contributed by atoms with E-state index in [2.05, 4.69) is 15.9 Å². The van der Waals surface area contributed by atoms with Crippen molar-refractivity contribution in [1.82, 2.24) is 4.90 Å². The molecule has 0 bridgehead atoms. The summed E-state index contributed by atoms with van der Waals surface area (Å²) < 4.78 is 9.60. The second kappa shape index (κ2) is 6.52. The molecule has 0 unspecified atom stereocenters. The van der Waals surface area contributed by atoms with Crippen molar-refractivity contribution in [2.75, 3.05) is 18.5 Å². The number of hydrogen-bond donors (Lipinski definition) is 0. The van der Waals surface area contributed by atoms with Gasteiger partial charge in [0.15, 0.2) is 0 Å². The zero-order chi connectivity index (χ0) is 12.0. The predicted molar refractivity (Wildman–Crippen MR) is 61.2 cm³/mol. The Morgan fingerprint density at radius 1 is 1.75 bits per heavy atom. The van der Waals surface area contributed by atoms with Crippen molar-refractivity contribution in [3.63, 3.8) is 0 Å². The van der Waals surface area contributed by atoms with Crippen molar-refractivity contribution >= 4 is 28.0 Å². The average molecular weight is 292 g/mol. The lowest BCUT2D eigenvalue weighted by molar-refractivity contribution is -0.137. The summed E-state index contributed by atoms with van der Waals surface area (Å²) in [5.41, 5.74) is 0. The molecule has 0 aliphatic carbocycles. The summed E-state index contributed by atoms with van der Waals surface area (Å²) in [5.74, 6) is -0.459. The number of nitrogens with zero attached hydrogens (tertiary/aromatic N) is 1. The van der Waals surface area contributed by atoms with Crippen molar-refractivity contribution in [3.8, 4) is 0 Å². The molecule has 0 saturated carbocycles. The van der Waals surface area contributed by atoms with Gasteiger partial charge in [-0.2, -0.15) is 0 Å². The molecular weight excluding hydrogens is 278 g/mol. The van der Waals surface area contributed by atoms with Gasteiger partial charge in [-0.15, -0.1) is 0 Å². The number of ether oxygens (including phenoxy) is 2. The van der Waals surface area contributed by atoms with Gasteiger partial charge in [0.1, 0.15) is 6.61 Å². The second-order valence-corrected chi connectivity index (χ2v) is 3.98. The Morgan fingerprint density at radius 2 is 2.50 bits per heavy atom. The third-order valence-electron chi connectivity index (χ3n) is 2.10. The SMILES string of the molecule is CCOC(=O)/C=C/N1C(=O)OC[C@@H]1CCBr. The van der Waals surface area contributed by atoms with E-state index in [1.165, 1.54) is 17.2 Å². The topological polar surface area (TPSA) is 55.8 Å².